The SMILES string of the molecule is NCC1OCCCCc2c1sc1ccc(Cl)cc21. The number of thiophene rings is 1. The van der Waals surface area contributed by atoms with Crippen LogP contribution in [0.15, 0.2) is 18.2 Å². The molecule has 18 heavy (non-hydrogen) atoms. The van der Waals surface area contributed by atoms with Crippen LogP contribution in [-0.4, -0.2) is 13.2 Å². The van der Waals surface area contributed by atoms with Crippen LogP contribution in [0.4, 0.5) is 0 Å². The Morgan fingerprint density at radius 1 is 1.39 bits per heavy atom. The lowest BCUT2D eigenvalue weighted by molar-refractivity contribution is 0.0551. The molecule has 3 rings (SSSR count). The quantitative estimate of drug-likeness (QED) is 0.860. The molecular formula is C14H16ClNOS. The van der Waals surface area contributed by atoms with Crippen LogP contribution in [0.3, 0.4) is 0 Å². The van der Waals surface area contributed by atoms with Gasteiger partial charge in [-0.3, -0.25) is 0 Å². The zero-order chi connectivity index (χ0) is 12.5. The third kappa shape index (κ3) is 2.16. The van der Waals surface area contributed by atoms with Crippen molar-refractivity contribution >= 4 is 33.0 Å². The summed E-state index contributed by atoms with van der Waals surface area (Å²) in [4.78, 5) is 1.30. The number of benzene rings is 1. The molecule has 0 saturated carbocycles. The third-order valence-corrected chi connectivity index (χ3v) is 4.97. The zero-order valence-corrected chi connectivity index (χ0v) is 11.7. The Morgan fingerprint density at radius 2 is 2.28 bits per heavy atom. The summed E-state index contributed by atoms with van der Waals surface area (Å²) in [7, 11) is 0. The van der Waals surface area contributed by atoms with Gasteiger partial charge in [0.25, 0.3) is 0 Å². The van der Waals surface area contributed by atoms with Crippen LogP contribution in [0.1, 0.15) is 29.4 Å². The minimum Gasteiger partial charge on any atom is -0.371 e. The van der Waals surface area contributed by atoms with E-state index < -0.39 is 0 Å². The van der Waals surface area contributed by atoms with E-state index in [1.54, 1.807) is 11.3 Å². The van der Waals surface area contributed by atoms with Gasteiger partial charge in [0.2, 0.25) is 0 Å². The molecule has 0 aliphatic carbocycles. The van der Waals surface area contributed by atoms with Crippen molar-refractivity contribution < 1.29 is 4.74 Å². The Balaban J connectivity index is 2.18. The Morgan fingerprint density at radius 3 is 3.11 bits per heavy atom. The Labute approximate surface area is 116 Å². The highest BCUT2D eigenvalue weighted by molar-refractivity contribution is 7.19. The lowest BCUT2D eigenvalue weighted by Crippen LogP contribution is -2.18. The fourth-order valence-electron chi connectivity index (χ4n) is 2.54. The van der Waals surface area contributed by atoms with Gasteiger partial charge in [-0.25, -0.2) is 0 Å². The van der Waals surface area contributed by atoms with E-state index in [2.05, 4.69) is 12.1 Å². The van der Waals surface area contributed by atoms with Gasteiger partial charge in [-0.1, -0.05) is 11.6 Å². The van der Waals surface area contributed by atoms with E-state index in [4.69, 9.17) is 22.1 Å². The summed E-state index contributed by atoms with van der Waals surface area (Å²) >= 11 is 7.91. The minimum absolute atomic E-state index is 0.0523. The molecule has 0 saturated heterocycles. The first-order chi connectivity index (χ1) is 8.79. The molecule has 2 N–H and O–H groups in total. The zero-order valence-electron chi connectivity index (χ0n) is 10.1. The number of nitrogens with two attached hydrogens (primary N) is 1. The highest BCUT2D eigenvalue weighted by atomic mass is 35.5. The summed E-state index contributed by atoms with van der Waals surface area (Å²) < 4.78 is 7.16. The highest BCUT2D eigenvalue weighted by Gasteiger charge is 2.21. The van der Waals surface area contributed by atoms with Gasteiger partial charge in [0.1, 0.15) is 6.10 Å². The van der Waals surface area contributed by atoms with Crippen molar-refractivity contribution in [3.63, 3.8) is 0 Å². The number of hydrogen-bond acceptors (Lipinski definition) is 3. The van der Waals surface area contributed by atoms with Crippen molar-refractivity contribution in [1.82, 2.24) is 0 Å². The van der Waals surface area contributed by atoms with Crippen LogP contribution in [-0.2, 0) is 11.2 Å². The molecule has 1 aromatic carbocycles. The van der Waals surface area contributed by atoms with Crippen LogP contribution < -0.4 is 5.73 Å². The van der Waals surface area contributed by atoms with Crippen molar-refractivity contribution in [1.29, 1.82) is 0 Å². The fraction of sp³-hybridized carbons (Fsp3) is 0.429. The van der Waals surface area contributed by atoms with Gasteiger partial charge < -0.3 is 10.5 Å². The number of fused-ring (bicyclic) bond motifs is 3. The third-order valence-electron chi connectivity index (χ3n) is 3.43. The highest BCUT2D eigenvalue weighted by Crippen LogP contribution is 2.39. The summed E-state index contributed by atoms with van der Waals surface area (Å²) in [6, 6.07) is 6.12. The maximum atomic E-state index is 6.11. The molecule has 0 bridgehead atoms. The Kier molecular flexibility index (Phi) is 3.57. The van der Waals surface area contributed by atoms with Gasteiger partial charge in [0.05, 0.1) is 0 Å². The second-order valence-corrected chi connectivity index (χ2v) is 6.16. The number of aryl methyl sites for hydroxylation is 1. The van der Waals surface area contributed by atoms with Crippen LogP contribution in [0.2, 0.25) is 5.02 Å². The van der Waals surface area contributed by atoms with E-state index in [-0.39, 0.29) is 6.10 Å². The van der Waals surface area contributed by atoms with Crippen LogP contribution >= 0.6 is 22.9 Å². The van der Waals surface area contributed by atoms with E-state index >= 15 is 0 Å². The lowest BCUT2D eigenvalue weighted by atomic mass is 10.0. The van der Waals surface area contributed by atoms with Crippen molar-refractivity contribution in [3.8, 4) is 0 Å². The van der Waals surface area contributed by atoms with E-state index in [1.165, 1.54) is 26.9 Å². The summed E-state index contributed by atoms with van der Waals surface area (Å²) in [6.07, 6.45) is 3.43. The van der Waals surface area contributed by atoms with Crippen molar-refractivity contribution in [3.05, 3.63) is 33.7 Å². The topological polar surface area (TPSA) is 35.2 Å². The second-order valence-electron chi connectivity index (χ2n) is 4.64. The molecule has 1 aromatic heterocycles. The molecule has 1 aliphatic heterocycles. The molecule has 2 nitrogen and oxygen atoms in total. The molecule has 2 heterocycles. The summed E-state index contributed by atoms with van der Waals surface area (Å²) in [6.45, 7) is 1.36. The van der Waals surface area contributed by atoms with Crippen molar-refractivity contribution in [2.45, 2.75) is 25.4 Å². The summed E-state index contributed by atoms with van der Waals surface area (Å²) in [5, 5.41) is 2.09. The first-order valence-corrected chi connectivity index (χ1v) is 7.51. The molecule has 0 fully saturated rings. The standard InChI is InChI=1S/C14H16ClNOS/c15-9-4-5-13-11(7-9)10-3-1-2-6-17-12(8-16)14(10)18-13/h4-5,7,12H,1-3,6,8,16H2. The second kappa shape index (κ2) is 5.17. The van der Waals surface area contributed by atoms with Gasteiger partial charge in [-0.05, 0) is 48.4 Å². The van der Waals surface area contributed by atoms with Gasteiger partial charge in [-0.15, -0.1) is 11.3 Å². The monoisotopic (exact) mass is 281 g/mol. The first-order valence-electron chi connectivity index (χ1n) is 6.32. The van der Waals surface area contributed by atoms with E-state index in [9.17, 15) is 0 Å². The smallest absolute Gasteiger partial charge is 0.104 e. The van der Waals surface area contributed by atoms with E-state index in [0.29, 0.717) is 6.54 Å². The summed E-state index contributed by atoms with van der Waals surface area (Å²) in [5.74, 6) is 0. The number of ether oxygens (including phenoxy) is 1. The maximum absolute atomic E-state index is 6.11. The molecule has 0 amide bonds. The molecule has 96 valence electrons. The van der Waals surface area contributed by atoms with Gasteiger partial charge in [0, 0.05) is 27.8 Å². The Bertz CT molecular complexity index is 566. The van der Waals surface area contributed by atoms with Gasteiger partial charge >= 0.3 is 0 Å². The van der Waals surface area contributed by atoms with Gasteiger partial charge in [-0.2, -0.15) is 0 Å². The lowest BCUT2D eigenvalue weighted by Gasteiger charge is -2.19. The number of hydrogen-bond donors (Lipinski definition) is 1. The largest absolute Gasteiger partial charge is 0.371 e. The molecule has 4 heteroatoms. The normalized spacial score (nSPS) is 20.4. The van der Waals surface area contributed by atoms with Gasteiger partial charge in [0.15, 0.2) is 0 Å². The predicted octanol–water partition coefficient (Wildman–Crippen LogP) is 3.91. The number of halogens is 1. The van der Waals surface area contributed by atoms with Crippen molar-refractivity contribution in [2.24, 2.45) is 5.73 Å². The molecular weight excluding hydrogens is 266 g/mol. The minimum atomic E-state index is 0.0523. The molecule has 1 atom stereocenters. The molecule has 1 unspecified atom stereocenters. The Hall–Kier alpha value is -0.610. The van der Waals surface area contributed by atoms with E-state index in [1.807, 2.05) is 6.07 Å². The predicted molar refractivity (Wildman–Crippen MR) is 77.5 cm³/mol. The first kappa shape index (κ1) is 12.4. The fourth-order valence-corrected chi connectivity index (χ4v) is 4.01. The summed E-state index contributed by atoms with van der Waals surface area (Å²) in [5.41, 5.74) is 7.24. The maximum Gasteiger partial charge on any atom is 0.104 e. The number of rotatable bonds is 1. The van der Waals surface area contributed by atoms with E-state index in [0.717, 1.165) is 24.5 Å². The molecule has 2 aromatic rings. The van der Waals surface area contributed by atoms with Crippen LogP contribution in [0.25, 0.3) is 10.1 Å². The van der Waals surface area contributed by atoms with Crippen LogP contribution in [0, 0.1) is 0 Å². The molecule has 1 aliphatic rings. The molecule has 0 spiro atoms. The van der Waals surface area contributed by atoms with Crippen LogP contribution in [0.5, 0.6) is 0 Å². The van der Waals surface area contributed by atoms with Crippen molar-refractivity contribution in [2.75, 3.05) is 13.2 Å². The average Bonchev–Trinajstić information content (AvgIpc) is 2.67. The average molecular weight is 282 g/mol. The molecule has 0 radical (unpaired) electrons.